The Bertz CT molecular complexity index is 515. The van der Waals surface area contributed by atoms with Crippen molar-refractivity contribution in [2.45, 2.75) is 19.8 Å². The van der Waals surface area contributed by atoms with E-state index in [1.807, 2.05) is 25.1 Å². The Morgan fingerprint density at radius 1 is 0.947 bits per heavy atom. The Balaban J connectivity index is 1.97. The molecule has 0 atom stereocenters. The van der Waals surface area contributed by atoms with Gasteiger partial charge in [-0.3, -0.25) is 4.79 Å². The number of rotatable bonds is 5. The fraction of sp³-hybridized carbons (Fsp3) is 0.235. The monoisotopic (exact) mass is 254 g/mol. The molecule has 0 fully saturated rings. The van der Waals surface area contributed by atoms with Gasteiger partial charge in [-0.25, -0.2) is 0 Å². The van der Waals surface area contributed by atoms with Gasteiger partial charge in [0.25, 0.3) is 0 Å². The Hall–Kier alpha value is -2.09. The molecule has 0 radical (unpaired) electrons. The van der Waals surface area contributed by atoms with Gasteiger partial charge in [-0.1, -0.05) is 54.6 Å². The number of carbonyl (C=O) groups excluding carboxylic acids is 1. The SMILES string of the molecule is CCOC(=O)CCc1ccc(-c2ccccc2)cc1. The fourth-order valence-electron chi connectivity index (χ4n) is 1.97. The molecule has 0 aliphatic carbocycles. The molecule has 0 saturated heterocycles. The zero-order valence-corrected chi connectivity index (χ0v) is 11.1. The van der Waals surface area contributed by atoms with Gasteiger partial charge in [0.1, 0.15) is 0 Å². The van der Waals surface area contributed by atoms with Gasteiger partial charge in [0.15, 0.2) is 0 Å². The topological polar surface area (TPSA) is 26.3 Å². The summed E-state index contributed by atoms with van der Waals surface area (Å²) < 4.78 is 4.92. The quantitative estimate of drug-likeness (QED) is 0.757. The van der Waals surface area contributed by atoms with Crippen molar-refractivity contribution in [3.8, 4) is 11.1 Å². The van der Waals surface area contributed by atoms with E-state index in [0.717, 1.165) is 12.0 Å². The lowest BCUT2D eigenvalue weighted by Crippen LogP contribution is -2.05. The van der Waals surface area contributed by atoms with Crippen molar-refractivity contribution in [1.82, 2.24) is 0 Å². The molecule has 0 amide bonds. The van der Waals surface area contributed by atoms with E-state index in [1.165, 1.54) is 11.1 Å². The summed E-state index contributed by atoms with van der Waals surface area (Å²) in [6.45, 7) is 2.28. The van der Waals surface area contributed by atoms with Gasteiger partial charge < -0.3 is 4.74 Å². The average Bonchev–Trinajstić information content (AvgIpc) is 2.47. The molecule has 2 heteroatoms. The van der Waals surface area contributed by atoms with Crippen LogP contribution in [0.3, 0.4) is 0 Å². The summed E-state index contributed by atoms with van der Waals surface area (Å²) in [4.78, 5) is 11.3. The van der Waals surface area contributed by atoms with Crippen LogP contribution in [0.1, 0.15) is 18.9 Å². The molecule has 0 aliphatic heterocycles. The van der Waals surface area contributed by atoms with Gasteiger partial charge in [0.2, 0.25) is 0 Å². The lowest BCUT2D eigenvalue weighted by Gasteiger charge is -2.05. The molecule has 2 rings (SSSR count). The number of hydrogen-bond donors (Lipinski definition) is 0. The normalized spacial score (nSPS) is 10.2. The van der Waals surface area contributed by atoms with Gasteiger partial charge in [-0.2, -0.15) is 0 Å². The zero-order chi connectivity index (χ0) is 13.5. The molecule has 0 aromatic heterocycles. The van der Waals surface area contributed by atoms with Crippen molar-refractivity contribution in [1.29, 1.82) is 0 Å². The molecule has 98 valence electrons. The molecule has 19 heavy (non-hydrogen) atoms. The van der Waals surface area contributed by atoms with E-state index in [2.05, 4.69) is 36.4 Å². The summed E-state index contributed by atoms with van der Waals surface area (Å²) in [5.74, 6) is -0.130. The molecule has 2 nitrogen and oxygen atoms in total. The summed E-state index contributed by atoms with van der Waals surface area (Å²) in [7, 11) is 0. The highest BCUT2D eigenvalue weighted by Crippen LogP contribution is 2.19. The fourth-order valence-corrected chi connectivity index (χ4v) is 1.97. The maximum atomic E-state index is 11.3. The van der Waals surface area contributed by atoms with E-state index in [9.17, 15) is 4.79 Å². The van der Waals surface area contributed by atoms with Crippen LogP contribution in [0, 0.1) is 0 Å². The molecule has 0 heterocycles. The first-order chi connectivity index (χ1) is 9.29. The number of benzene rings is 2. The van der Waals surface area contributed by atoms with Crippen molar-refractivity contribution in [2.75, 3.05) is 6.61 Å². The van der Waals surface area contributed by atoms with Crippen molar-refractivity contribution < 1.29 is 9.53 Å². The van der Waals surface area contributed by atoms with Gasteiger partial charge in [0.05, 0.1) is 6.61 Å². The largest absolute Gasteiger partial charge is 0.466 e. The maximum Gasteiger partial charge on any atom is 0.306 e. The van der Waals surface area contributed by atoms with Crippen molar-refractivity contribution in [2.24, 2.45) is 0 Å². The summed E-state index contributed by atoms with van der Waals surface area (Å²) >= 11 is 0. The van der Waals surface area contributed by atoms with E-state index in [1.54, 1.807) is 0 Å². The van der Waals surface area contributed by atoms with Crippen molar-refractivity contribution in [3.63, 3.8) is 0 Å². The van der Waals surface area contributed by atoms with Crippen LogP contribution in [-0.2, 0) is 16.0 Å². The lowest BCUT2D eigenvalue weighted by molar-refractivity contribution is -0.143. The second-order valence-electron chi connectivity index (χ2n) is 4.37. The third kappa shape index (κ3) is 3.95. The van der Waals surface area contributed by atoms with Crippen LogP contribution in [0.25, 0.3) is 11.1 Å². The number of aryl methyl sites for hydroxylation is 1. The highest BCUT2D eigenvalue weighted by atomic mass is 16.5. The Morgan fingerprint density at radius 3 is 2.21 bits per heavy atom. The van der Waals surface area contributed by atoms with Gasteiger partial charge in [-0.15, -0.1) is 0 Å². The van der Waals surface area contributed by atoms with Crippen LogP contribution in [0.15, 0.2) is 54.6 Å². The third-order valence-electron chi connectivity index (χ3n) is 2.98. The number of ether oxygens (including phenoxy) is 1. The van der Waals surface area contributed by atoms with Gasteiger partial charge in [0, 0.05) is 6.42 Å². The van der Waals surface area contributed by atoms with Gasteiger partial charge >= 0.3 is 5.97 Å². The van der Waals surface area contributed by atoms with Crippen LogP contribution in [0.5, 0.6) is 0 Å². The molecule has 0 unspecified atom stereocenters. The Morgan fingerprint density at radius 2 is 1.58 bits per heavy atom. The molecular formula is C17H18O2. The molecule has 0 N–H and O–H groups in total. The van der Waals surface area contributed by atoms with Crippen LogP contribution in [-0.4, -0.2) is 12.6 Å². The second-order valence-corrected chi connectivity index (χ2v) is 4.37. The summed E-state index contributed by atoms with van der Waals surface area (Å²) in [6, 6.07) is 18.6. The first kappa shape index (κ1) is 13.3. The van der Waals surface area contributed by atoms with E-state index in [4.69, 9.17) is 4.74 Å². The predicted octanol–water partition coefficient (Wildman–Crippen LogP) is 3.85. The first-order valence-electron chi connectivity index (χ1n) is 6.59. The Kier molecular flexibility index (Phi) is 4.73. The minimum atomic E-state index is -0.130. The first-order valence-corrected chi connectivity index (χ1v) is 6.59. The molecule has 0 bridgehead atoms. The standard InChI is InChI=1S/C17H18O2/c1-2-19-17(18)13-10-14-8-11-16(12-9-14)15-6-4-3-5-7-15/h3-9,11-12H,2,10,13H2,1H3. The van der Waals surface area contributed by atoms with Crippen molar-refractivity contribution in [3.05, 3.63) is 60.2 Å². The maximum absolute atomic E-state index is 11.3. The predicted molar refractivity (Wildman–Crippen MR) is 76.8 cm³/mol. The van der Waals surface area contributed by atoms with E-state index in [0.29, 0.717) is 13.0 Å². The van der Waals surface area contributed by atoms with E-state index in [-0.39, 0.29) is 5.97 Å². The second kappa shape index (κ2) is 6.74. The zero-order valence-electron chi connectivity index (χ0n) is 11.1. The number of carbonyl (C=O) groups is 1. The summed E-state index contributed by atoms with van der Waals surface area (Å²) in [5.41, 5.74) is 3.56. The van der Waals surface area contributed by atoms with Crippen LogP contribution in [0.4, 0.5) is 0 Å². The highest BCUT2D eigenvalue weighted by Gasteiger charge is 2.03. The van der Waals surface area contributed by atoms with Crippen LogP contribution >= 0.6 is 0 Å². The molecule has 0 spiro atoms. The molecule has 2 aromatic carbocycles. The minimum absolute atomic E-state index is 0.130. The summed E-state index contributed by atoms with van der Waals surface area (Å²) in [6.07, 6.45) is 1.17. The van der Waals surface area contributed by atoms with Crippen LogP contribution in [0.2, 0.25) is 0 Å². The lowest BCUT2D eigenvalue weighted by atomic mass is 10.0. The Labute approximate surface area is 114 Å². The molecule has 2 aromatic rings. The third-order valence-corrected chi connectivity index (χ3v) is 2.98. The number of hydrogen-bond acceptors (Lipinski definition) is 2. The van der Waals surface area contributed by atoms with E-state index < -0.39 is 0 Å². The van der Waals surface area contributed by atoms with Gasteiger partial charge in [-0.05, 0) is 30.0 Å². The summed E-state index contributed by atoms with van der Waals surface area (Å²) in [5, 5.41) is 0. The van der Waals surface area contributed by atoms with E-state index >= 15 is 0 Å². The number of esters is 1. The van der Waals surface area contributed by atoms with Crippen LogP contribution < -0.4 is 0 Å². The molecule has 0 aliphatic rings. The highest BCUT2D eigenvalue weighted by molar-refractivity contribution is 5.70. The minimum Gasteiger partial charge on any atom is -0.466 e. The molecule has 0 saturated carbocycles. The smallest absolute Gasteiger partial charge is 0.306 e. The molecular weight excluding hydrogens is 236 g/mol. The average molecular weight is 254 g/mol. The van der Waals surface area contributed by atoms with Crippen molar-refractivity contribution >= 4 is 5.97 Å².